The number of imidazole rings is 1. The van der Waals surface area contributed by atoms with E-state index >= 15 is 0 Å². The Kier molecular flexibility index (Phi) is 5.69. The zero-order valence-electron chi connectivity index (χ0n) is 15.5. The van der Waals surface area contributed by atoms with Gasteiger partial charge in [0, 0.05) is 11.1 Å². The summed E-state index contributed by atoms with van der Waals surface area (Å²) in [5.74, 6) is -0.222. The van der Waals surface area contributed by atoms with Crippen molar-refractivity contribution in [1.82, 2.24) is 9.55 Å². The maximum Gasteiger partial charge on any atom is 0.421 e. The Bertz CT molecular complexity index is 1030. The number of anilines is 1. The summed E-state index contributed by atoms with van der Waals surface area (Å²) in [5.41, 5.74) is 1.71. The monoisotopic (exact) mass is 381 g/mol. The van der Waals surface area contributed by atoms with E-state index in [0.717, 1.165) is 4.57 Å². The van der Waals surface area contributed by atoms with Gasteiger partial charge in [0.15, 0.2) is 5.78 Å². The number of methoxy groups -OCH3 is 1. The van der Waals surface area contributed by atoms with Gasteiger partial charge < -0.3 is 9.47 Å². The first-order chi connectivity index (χ1) is 13.5. The maximum absolute atomic E-state index is 12.7. The van der Waals surface area contributed by atoms with Gasteiger partial charge in [0.1, 0.15) is 0 Å². The first-order valence-corrected chi connectivity index (χ1v) is 8.69. The predicted molar refractivity (Wildman–Crippen MR) is 103 cm³/mol. The minimum atomic E-state index is -0.777. The molecule has 3 aromatic rings. The fraction of sp³-hybridized carbons (Fsp3) is 0.200. The molecule has 0 atom stereocenters. The quantitative estimate of drug-likeness (QED) is 0.674. The Morgan fingerprint density at radius 2 is 1.82 bits per heavy atom. The van der Waals surface area contributed by atoms with Crippen LogP contribution >= 0.6 is 0 Å². The highest BCUT2D eigenvalue weighted by molar-refractivity contribution is 6.10. The van der Waals surface area contributed by atoms with Crippen molar-refractivity contribution in [3.8, 4) is 0 Å². The lowest BCUT2D eigenvalue weighted by Gasteiger charge is -2.08. The summed E-state index contributed by atoms with van der Waals surface area (Å²) >= 11 is 0. The molecule has 8 nitrogen and oxygen atoms in total. The molecular formula is C20H19N3O5. The second kappa shape index (κ2) is 8.34. The van der Waals surface area contributed by atoms with E-state index in [9.17, 15) is 14.4 Å². The molecule has 0 unspecified atom stereocenters. The third kappa shape index (κ3) is 3.85. The molecular weight excluding hydrogens is 362 g/mol. The second-order valence-corrected chi connectivity index (χ2v) is 5.90. The highest BCUT2D eigenvalue weighted by atomic mass is 16.6. The van der Waals surface area contributed by atoms with Crippen molar-refractivity contribution in [2.75, 3.05) is 19.0 Å². The molecule has 0 aliphatic heterocycles. The van der Waals surface area contributed by atoms with Crippen molar-refractivity contribution in [2.45, 2.75) is 13.3 Å². The zero-order chi connectivity index (χ0) is 20.1. The van der Waals surface area contributed by atoms with Crippen molar-refractivity contribution < 1.29 is 23.9 Å². The van der Waals surface area contributed by atoms with Gasteiger partial charge in [0.2, 0.25) is 5.95 Å². The van der Waals surface area contributed by atoms with Crippen LogP contribution in [0.4, 0.5) is 15.5 Å². The van der Waals surface area contributed by atoms with Crippen LogP contribution in [0, 0.1) is 0 Å². The van der Waals surface area contributed by atoms with E-state index in [0.29, 0.717) is 28.6 Å². The van der Waals surface area contributed by atoms with Crippen molar-refractivity contribution in [3.63, 3.8) is 0 Å². The van der Waals surface area contributed by atoms with Crippen LogP contribution in [0.15, 0.2) is 48.5 Å². The number of carbonyl (C=O) groups excluding carboxylic acids is 3. The highest BCUT2D eigenvalue weighted by Crippen LogP contribution is 2.23. The van der Waals surface area contributed by atoms with Crippen LogP contribution in [0.3, 0.4) is 0 Å². The number of benzene rings is 2. The molecule has 0 radical (unpaired) electrons. The topological polar surface area (TPSA) is 99.5 Å². The Balaban J connectivity index is 2.04. The summed E-state index contributed by atoms with van der Waals surface area (Å²) in [6, 6.07) is 13.6. The molecule has 0 saturated heterocycles. The van der Waals surface area contributed by atoms with Crippen LogP contribution in [0.5, 0.6) is 0 Å². The Hall–Kier alpha value is -3.68. The van der Waals surface area contributed by atoms with E-state index in [2.05, 4.69) is 15.0 Å². The van der Waals surface area contributed by atoms with Gasteiger partial charge in [-0.2, -0.15) is 0 Å². The molecule has 144 valence electrons. The Labute approximate surface area is 161 Å². The summed E-state index contributed by atoms with van der Waals surface area (Å²) < 4.78 is 10.9. The minimum absolute atomic E-state index is 0.0488. The third-order valence-corrected chi connectivity index (χ3v) is 3.96. The molecule has 1 amide bonds. The Morgan fingerprint density at radius 1 is 1.07 bits per heavy atom. The summed E-state index contributed by atoms with van der Waals surface area (Å²) in [7, 11) is 1.20. The molecule has 0 aliphatic carbocycles. The third-order valence-electron chi connectivity index (χ3n) is 3.96. The second-order valence-electron chi connectivity index (χ2n) is 5.90. The van der Waals surface area contributed by atoms with E-state index in [1.807, 2.05) is 13.0 Å². The molecule has 28 heavy (non-hydrogen) atoms. The number of nitrogens with one attached hydrogen (secondary N) is 1. The number of ether oxygens (including phenoxy) is 2. The molecule has 0 fully saturated rings. The van der Waals surface area contributed by atoms with Gasteiger partial charge in [-0.05, 0) is 24.6 Å². The van der Waals surface area contributed by atoms with E-state index in [1.54, 1.807) is 42.5 Å². The molecule has 0 aliphatic rings. The van der Waals surface area contributed by atoms with E-state index < -0.39 is 12.2 Å². The van der Waals surface area contributed by atoms with Crippen molar-refractivity contribution in [1.29, 1.82) is 0 Å². The number of hydrogen-bond donors (Lipinski definition) is 1. The molecule has 2 aromatic carbocycles. The molecule has 0 bridgehead atoms. The summed E-state index contributed by atoms with van der Waals surface area (Å²) in [5, 5.41) is 2.39. The number of nitrogens with zero attached hydrogens (tertiary/aromatic N) is 2. The zero-order valence-corrected chi connectivity index (χ0v) is 15.5. The molecule has 1 N–H and O–H groups in total. The van der Waals surface area contributed by atoms with Crippen LogP contribution in [0.25, 0.3) is 11.0 Å². The average molecular weight is 381 g/mol. The number of aromatic nitrogens is 2. The largest absolute Gasteiger partial charge is 0.453 e. The summed E-state index contributed by atoms with van der Waals surface area (Å²) in [6.07, 6.45) is -0.813. The van der Waals surface area contributed by atoms with Gasteiger partial charge in [-0.15, -0.1) is 0 Å². The summed E-state index contributed by atoms with van der Waals surface area (Å²) in [6.45, 7) is 2.09. The standard InChI is InChI=1S/C20H19N3O5/c1-3-11-28-20(26)23-16-10-9-14(17(24)13-7-5-4-6-8-13)12-15(16)21-18(23)22-19(25)27-2/h4-10,12H,3,11H2,1-2H3,(H,21,22,25). The highest BCUT2D eigenvalue weighted by Gasteiger charge is 2.21. The number of amides is 1. The van der Waals surface area contributed by atoms with Crippen molar-refractivity contribution in [2.24, 2.45) is 0 Å². The van der Waals surface area contributed by atoms with Gasteiger partial charge in [-0.3, -0.25) is 10.1 Å². The van der Waals surface area contributed by atoms with Crippen LogP contribution in [-0.4, -0.2) is 41.2 Å². The van der Waals surface area contributed by atoms with Crippen LogP contribution < -0.4 is 5.32 Å². The van der Waals surface area contributed by atoms with Crippen molar-refractivity contribution >= 4 is 35.0 Å². The number of ketones is 1. The lowest BCUT2D eigenvalue weighted by atomic mass is 10.0. The molecule has 8 heteroatoms. The minimum Gasteiger partial charge on any atom is -0.453 e. The van der Waals surface area contributed by atoms with E-state index in [1.165, 1.54) is 7.11 Å². The van der Waals surface area contributed by atoms with Crippen LogP contribution in [0.2, 0.25) is 0 Å². The van der Waals surface area contributed by atoms with Crippen molar-refractivity contribution in [3.05, 3.63) is 59.7 Å². The van der Waals surface area contributed by atoms with Gasteiger partial charge in [0.25, 0.3) is 0 Å². The normalized spacial score (nSPS) is 10.5. The van der Waals surface area contributed by atoms with Gasteiger partial charge >= 0.3 is 12.2 Å². The lowest BCUT2D eigenvalue weighted by Crippen LogP contribution is -2.20. The van der Waals surface area contributed by atoms with Gasteiger partial charge in [-0.1, -0.05) is 37.3 Å². The fourth-order valence-electron chi connectivity index (χ4n) is 2.64. The number of fused-ring (bicyclic) bond motifs is 1. The van der Waals surface area contributed by atoms with E-state index in [-0.39, 0.29) is 18.3 Å². The lowest BCUT2D eigenvalue weighted by molar-refractivity contribution is 0.103. The first-order valence-electron chi connectivity index (χ1n) is 8.69. The molecule has 0 saturated carbocycles. The molecule has 1 aromatic heterocycles. The number of carbonyl (C=O) groups is 3. The van der Waals surface area contributed by atoms with Crippen LogP contribution in [-0.2, 0) is 9.47 Å². The Morgan fingerprint density at radius 3 is 2.50 bits per heavy atom. The predicted octanol–water partition coefficient (Wildman–Crippen LogP) is 3.84. The molecule has 1 heterocycles. The molecule has 3 rings (SSSR count). The smallest absolute Gasteiger partial charge is 0.421 e. The average Bonchev–Trinajstić information content (AvgIpc) is 3.08. The number of rotatable bonds is 5. The van der Waals surface area contributed by atoms with Gasteiger partial charge in [0.05, 0.1) is 24.8 Å². The first kappa shape index (κ1) is 19.1. The van der Waals surface area contributed by atoms with Crippen LogP contribution in [0.1, 0.15) is 29.3 Å². The maximum atomic E-state index is 12.7. The summed E-state index contributed by atoms with van der Waals surface area (Å²) in [4.78, 5) is 41.0. The SMILES string of the molecule is CCCOC(=O)n1c(NC(=O)OC)nc2cc(C(=O)c3ccccc3)ccc21. The number of hydrogen-bond acceptors (Lipinski definition) is 6. The molecule has 0 spiro atoms. The fourth-order valence-corrected chi connectivity index (χ4v) is 2.64. The van der Waals surface area contributed by atoms with Gasteiger partial charge in [-0.25, -0.2) is 19.1 Å². The van der Waals surface area contributed by atoms with E-state index in [4.69, 9.17) is 4.74 Å².